The molecule has 6 rings (SSSR count). The minimum absolute atomic E-state index is 0.126. The standard InChI is InChI=1S/C39H41N5O3/c45-37(40-26-29-16-6-1-7-17-29)34-35(42-43(32-22-12-4-13-23-32)28-31-20-10-3-11-21-31)39(47)44(33-24-14-5-15-25-33)36(34)38(46)41-27-30-18-8-2-9-19-30/h1-4,6-13,16-23,33,36,42H,5,14-15,24-28H2,(H,40,45)(H,41,46). The van der Waals surface area contributed by atoms with Gasteiger partial charge in [0.2, 0.25) is 5.91 Å². The van der Waals surface area contributed by atoms with Gasteiger partial charge in [-0.1, -0.05) is 128 Å². The fourth-order valence-electron chi connectivity index (χ4n) is 6.44. The number of hydrogen-bond acceptors (Lipinski definition) is 5. The van der Waals surface area contributed by atoms with Crippen LogP contribution in [0.4, 0.5) is 5.69 Å². The predicted octanol–water partition coefficient (Wildman–Crippen LogP) is 5.63. The quantitative estimate of drug-likeness (QED) is 0.177. The Bertz CT molecular complexity index is 1670. The second-order valence-corrected chi connectivity index (χ2v) is 12.1. The first-order chi connectivity index (χ1) is 23.1. The van der Waals surface area contributed by atoms with E-state index in [2.05, 4.69) is 16.1 Å². The summed E-state index contributed by atoms with van der Waals surface area (Å²) in [5, 5.41) is 7.94. The van der Waals surface area contributed by atoms with Crippen molar-refractivity contribution in [1.82, 2.24) is 21.0 Å². The summed E-state index contributed by atoms with van der Waals surface area (Å²) >= 11 is 0. The largest absolute Gasteiger partial charge is 0.350 e. The third kappa shape index (κ3) is 7.72. The van der Waals surface area contributed by atoms with Crippen LogP contribution in [-0.2, 0) is 34.0 Å². The molecule has 2 aliphatic rings. The van der Waals surface area contributed by atoms with Crippen molar-refractivity contribution in [2.45, 2.75) is 63.8 Å². The maximum Gasteiger partial charge on any atom is 0.273 e. The van der Waals surface area contributed by atoms with Gasteiger partial charge in [0.25, 0.3) is 11.8 Å². The molecule has 0 bridgehead atoms. The van der Waals surface area contributed by atoms with Crippen LogP contribution in [0.3, 0.4) is 0 Å². The zero-order chi connectivity index (χ0) is 32.4. The molecule has 1 atom stereocenters. The average molecular weight is 628 g/mol. The molecular formula is C39H41N5O3. The highest BCUT2D eigenvalue weighted by molar-refractivity contribution is 6.14. The highest BCUT2D eigenvalue weighted by atomic mass is 16.2. The number of nitrogens with one attached hydrogen (secondary N) is 3. The van der Waals surface area contributed by atoms with E-state index in [4.69, 9.17) is 0 Å². The molecule has 1 fully saturated rings. The molecule has 1 aliphatic carbocycles. The lowest BCUT2D eigenvalue weighted by Gasteiger charge is -2.36. The Labute approximate surface area is 276 Å². The summed E-state index contributed by atoms with van der Waals surface area (Å²) in [5.41, 5.74) is 7.33. The highest BCUT2D eigenvalue weighted by Crippen LogP contribution is 2.34. The molecule has 4 aromatic carbocycles. The summed E-state index contributed by atoms with van der Waals surface area (Å²) in [7, 11) is 0. The minimum Gasteiger partial charge on any atom is -0.350 e. The first-order valence-electron chi connectivity index (χ1n) is 16.4. The fraction of sp³-hybridized carbons (Fsp3) is 0.256. The Morgan fingerprint density at radius 2 is 1.17 bits per heavy atom. The van der Waals surface area contributed by atoms with Gasteiger partial charge in [-0.2, -0.15) is 0 Å². The van der Waals surface area contributed by atoms with E-state index < -0.39 is 11.9 Å². The lowest BCUT2D eigenvalue weighted by atomic mass is 9.93. The summed E-state index contributed by atoms with van der Waals surface area (Å²) in [6.07, 6.45) is 4.59. The summed E-state index contributed by atoms with van der Waals surface area (Å²) < 4.78 is 0. The van der Waals surface area contributed by atoms with Crippen molar-refractivity contribution in [2.75, 3.05) is 5.01 Å². The Balaban J connectivity index is 1.40. The molecular weight excluding hydrogens is 586 g/mol. The van der Waals surface area contributed by atoms with E-state index in [9.17, 15) is 14.4 Å². The van der Waals surface area contributed by atoms with Crippen LogP contribution < -0.4 is 21.1 Å². The highest BCUT2D eigenvalue weighted by Gasteiger charge is 2.49. The number of benzene rings is 4. The normalized spacial score (nSPS) is 16.6. The number of rotatable bonds is 12. The van der Waals surface area contributed by atoms with E-state index in [0.29, 0.717) is 6.54 Å². The molecule has 240 valence electrons. The van der Waals surface area contributed by atoms with Crippen molar-refractivity contribution < 1.29 is 14.4 Å². The third-order valence-electron chi connectivity index (χ3n) is 8.83. The summed E-state index contributed by atoms with van der Waals surface area (Å²) in [6, 6.07) is 37.7. The maximum atomic E-state index is 14.6. The van der Waals surface area contributed by atoms with Crippen molar-refractivity contribution in [3.05, 3.63) is 149 Å². The molecule has 0 aromatic heterocycles. The molecule has 1 saturated carbocycles. The van der Waals surface area contributed by atoms with E-state index >= 15 is 0 Å². The number of amides is 3. The molecule has 1 unspecified atom stereocenters. The van der Waals surface area contributed by atoms with Crippen molar-refractivity contribution in [3.8, 4) is 0 Å². The first kappa shape index (κ1) is 31.6. The van der Waals surface area contributed by atoms with E-state index in [1.54, 1.807) is 4.90 Å². The second kappa shape index (κ2) is 15.3. The van der Waals surface area contributed by atoms with Gasteiger partial charge in [0.05, 0.1) is 17.8 Å². The lowest BCUT2D eigenvalue weighted by molar-refractivity contribution is -0.138. The van der Waals surface area contributed by atoms with Crippen LogP contribution in [0.25, 0.3) is 0 Å². The molecule has 3 amide bonds. The molecule has 0 radical (unpaired) electrons. The monoisotopic (exact) mass is 627 g/mol. The molecule has 0 spiro atoms. The minimum atomic E-state index is -1.08. The molecule has 0 saturated heterocycles. The Morgan fingerprint density at radius 3 is 1.74 bits per heavy atom. The van der Waals surface area contributed by atoms with Crippen LogP contribution in [-0.4, -0.2) is 34.7 Å². The fourth-order valence-corrected chi connectivity index (χ4v) is 6.44. The zero-order valence-corrected chi connectivity index (χ0v) is 26.5. The summed E-state index contributed by atoms with van der Waals surface area (Å²) in [6.45, 7) is 0.975. The SMILES string of the molecule is O=C(NCc1ccccc1)C1=C(NN(Cc2ccccc2)c2ccccc2)C(=O)N(C2CCCCC2)C1C(=O)NCc1ccccc1. The molecule has 8 nitrogen and oxygen atoms in total. The van der Waals surface area contributed by atoms with Crippen LogP contribution >= 0.6 is 0 Å². The Kier molecular flexibility index (Phi) is 10.3. The topological polar surface area (TPSA) is 93.8 Å². The smallest absolute Gasteiger partial charge is 0.273 e. The van der Waals surface area contributed by atoms with Crippen LogP contribution in [0, 0.1) is 0 Å². The van der Waals surface area contributed by atoms with Crippen LogP contribution in [0.15, 0.2) is 133 Å². The molecule has 3 N–H and O–H groups in total. The van der Waals surface area contributed by atoms with Crippen LogP contribution in [0.2, 0.25) is 0 Å². The van der Waals surface area contributed by atoms with Crippen molar-refractivity contribution in [3.63, 3.8) is 0 Å². The Morgan fingerprint density at radius 1 is 0.660 bits per heavy atom. The van der Waals surface area contributed by atoms with Crippen molar-refractivity contribution in [1.29, 1.82) is 0 Å². The van der Waals surface area contributed by atoms with Gasteiger partial charge in [0.1, 0.15) is 11.7 Å². The number of nitrogens with zero attached hydrogens (tertiary/aromatic N) is 2. The number of carbonyl (C=O) groups is 3. The number of hydrogen-bond donors (Lipinski definition) is 3. The molecule has 4 aromatic rings. The summed E-state index contributed by atoms with van der Waals surface area (Å²) in [5.74, 6) is -1.16. The van der Waals surface area contributed by atoms with Gasteiger partial charge in [0, 0.05) is 19.1 Å². The predicted molar refractivity (Wildman–Crippen MR) is 183 cm³/mol. The van der Waals surface area contributed by atoms with Gasteiger partial charge in [-0.3, -0.25) is 24.8 Å². The number of anilines is 1. The van der Waals surface area contributed by atoms with E-state index in [1.807, 2.05) is 126 Å². The average Bonchev–Trinajstić information content (AvgIpc) is 3.42. The van der Waals surface area contributed by atoms with Gasteiger partial charge in [0.15, 0.2) is 0 Å². The third-order valence-corrected chi connectivity index (χ3v) is 8.83. The molecule has 1 heterocycles. The first-order valence-corrected chi connectivity index (χ1v) is 16.4. The van der Waals surface area contributed by atoms with Gasteiger partial charge in [-0.05, 0) is 41.7 Å². The second-order valence-electron chi connectivity index (χ2n) is 12.1. The van der Waals surface area contributed by atoms with E-state index in [0.717, 1.165) is 54.5 Å². The van der Waals surface area contributed by atoms with Crippen molar-refractivity contribution in [2.24, 2.45) is 0 Å². The summed E-state index contributed by atoms with van der Waals surface area (Å²) in [4.78, 5) is 44.8. The zero-order valence-electron chi connectivity index (χ0n) is 26.5. The maximum absolute atomic E-state index is 14.6. The Hall–Kier alpha value is -5.37. The van der Waals surface area contributed by atoms with E-state index in [1.165, 1.54) is 0 Å². The van der Waals surface area contributed by atoms with Gasteiger partial charge < -0.3 is 15.5 Å². The van der Waals surface area contributed by atoms with Gasteiger partial charge in [-0.15, -0.1) is 0 Å². The number of hydrazine groups is 1. The molecule has 8 heteroatoms. The van der Waals surface area contributed by atoms with E-state index in [-0.39, 0.29) is 42.2 Å². The number of para-hydroxylation sites is 1. The van der Waals surface area contributed by atoms with Gasteiger partial charge in [-0.25, -0.2) is 0 Å². The van der Waals surface area contributed by atoms with Crippen LogP contribution in [0.1, 0.15) is 48.8 Å². The van der Waals surface area contributed by atoms with Crippen molar-refractivity contribution >= 4 is 23.4 Å². The lowest BCUT2D eigenvalue weighted by Crippen LogP contribution is -2.53. The van der Waals surface area contributed by atoms with Gasteiger partial charge >= 0.3 is 0 Å². The van der Waals surface area contributed by atoms with Crippen LogP contribution in [0.5, 0.6) is 0 Å². The molecule has 47 heavy (non-hydrogen) atoms. The number of carbonyl (C=O) groups excluding carboxylic acids is 3. The molecule has 1 aliphatic heterocycles.